The molecule has 21 heavy (non-hydrogen) atoms. The second kappa shape index (κ2) is 5.63. The van der Waals surface area contributed by atoms with Gasteiger partial charge in [0.1, 0.15) is 0 Å². The molecule has 1 aromatic heterocycles. The summed E-state index contributed by atoms with van der Waals surface area (Å²) in [6.07, 6.45) is -4.46. The number of nitrogens with zero attached hydrogens (tertiary/aromatic N) is 2. The first kappa shape index (κ1) is 15.2. The lowest BCUT2D eigenvalue weighted by atomic mass is 10.1. The summed E-state index contributed by atoms with van der Waals surface area (Å²) in [5, 5.41) is 0. The minimum atomic E-state index is -4.46. The number of rotatable bonds is 3. The molecule has 0 aliphatic carbocycles. The van der Waals surface area contributed by atoms with E-state index in [1.54, 1.807) is 18.0 Å². The minimum absolute atomic E-state index is 0.270. The smallest absolute Gasteiger partial charge is 0.398 e. The molecule has 0 unspecified atom stereocenters. The van der Waals surface area contributed by atoms with Crippen LogP contribution in [-0.2, 0) is 12.7 Å². The van der Waals surface area contributed by atoms with Gasteiger partial charge in [-0.2, -0.15) is 13.2 Å². The van der Waals surface area contributed by atoms with Gasteiger partial charge in [-0.1, -0.05) is 6.07 Å². The van der Waals surface area contributed by atoms with Crippen LogP contribution in [0, 0.1) is 6.92 Å². The van der Waals surface area contributed by atoms with Crippen LogP contribution in [0.15, 0.2) is 36.4 Å². The van der Waals surface area contributed by atoms with Crippen molar-refractivity contribution < 1.29 is 13.2 Å². The highest BCUT2D eigenvalue weighted by Gasteiger charge is 2.33. The Kier molecular flexibility index (Phi) is 4.06. The van der Waals surface area contributed by atoms with Crippen LogP contribution in [0.5, 0.6) is 0 Å². The molecule has 2 rings (SSSR count). The molecule has 2 aromatic rings. The van der Waals surface area contributed by atoms with Crippen molar-refractivity contribution in [3.8, 4) is 0 Å². The SMILES string of the molecule is Cc1cccc(CN(C)c2ccc(N)c(C(F)(F)F)c2)n1. The van der Waals surface area contributed by atoms with Crippen molar-refractivity contribution in [2.75, 3.05) is 17.7 Å². The highest BCUT2D eigenvalue weighted by molar-refractivity contribution is 5.59. The Labute approximate surface area is 121 Å². The van der Waals surface area contributed by atoms with Crippen LogP contribution >= 0.6 is 0 Å². The number of hydrogen-bond acceptors (Lipinski definition) is 3. The molecule has 0 fully saturated rings. The van der Waals surface area contributed by atoms with Gasteiger partial charge in [0, 0.05) is 24.1 Å². The number of halogens is 3. The molecule has 6 heteroatoms. The second-order valence-corrected chi connectivity index (χ2v) is 4.90. The Morgan fingerprint density at radius 1 is 1.19 bits per heavy atom. The van der Waals surface area contributed by atoms with Gasteiger partial charge in [-0.3, -0.25) is 4.98 Å². The van der Waals surface area contributed by atoms with E-state index in [0.717, 1.165) is 17.5 Å². The predicted octanol–water partition coefficient (Wildman–Crippen LogP) is 3.63. The number of nitrogen functional groups attached to an aromatic ring is 1. The maximum atomic E-state index is 12.9. The topological polar surface area (TPSA) is 42.1 Å². The molecule has 1 heterocycles. The summed E-state index contributed by atoms with van der Waals surface area (Å²) in [6, 6.07) is 9.49. The third-order valence-corrected chi connectivity index (χ3v) is 3.13. The average molecular weight is 295 g/mol. The van der Waals surface area contributed by atoms with Crippen molar-refractivity contribution in [2.24, 2.45) is 0 Å². The number of alkyl halides is 3. The fourth-order valence-corrected chi connectivity index (χ4v) is 2.05. The van der Waals surface area contributed by atoms with E-state index in [1.165, 1.54) is 6.07 Å². The molecule has 0 aliphatic rings. The van der Waals surface area contributed by atoms with Gasteiger partial charge in [0.25, 0.3) is 0 Å². The molecule has 3 nitrogen and oxygen atoms in total. The first-order chi connectivity index (χ1) is 9.77. The summed E-state index contributed by atoms with van der Waals surface area (Å²) < 4.78 is 38.6. The molecule has 0 radical (unpaired) electrons. The molecule has 0 bridgehead atoms. The molecule has 1 aromatic carbocycles. The van der Waals surface area contributed by atoms with E-state index in [-0.39, 0.29) is 5.69 Å². The molecule has 0 amide bonds. The zero-order chi connectivity index (χ0) is 15.6. The number of benzene rings is 1. The molecule has 0 atom stereocenters. The number of hydrogen-bond donors (Lipinski definition) is 1. The third-order valence-electron chi connectivity index (χ3n) is 3.13. The third kappa shape index (κ3) is 3.65. The summed E-state index contributed by atoms with van der Waals surface area (Å²) in [5.74, 6) is 0. The number of nitrogens with two attached hydrogens (primary N) is 1. The van der Waals surface area contributed by atoms with Gasteiger partial charge in [0.05, 0.1) is 17.8 Å². The van der Waals surface area contributed by atoms with E-state index in [4.69, 9.17) is 5.73 Å². The van der Waals surface area contributed by atoms with E-state index in [0.29, 0.717) is 12.2 Å². The summed E-state index contributed by atoms with van der Waals surface area (Å²) in [5.41, 5.74) is 6.42. The van der Waals surface area contributed by atoms with Crippen molar-refractivity contribution in [1.29, 1.82) is 0 Å². The summed E-state index contributed by atoms with van der Waals surface area (Å²) in [6.45, 7) is 2.29. The Bertz CT molecular complexity index is 638. The van der Waals surface area contributed by atoms with Crippen molar-refractivity contribution in [3.63, 3.8) is 0 Å². The maximum Gasteiger partial charge on any atom is 0.418 e. The van der Waals surface area contributed by atoms with Gasteiger partial charge in [-0.25, -0.2) is 0 Å². The fraction of sp³-hybridized carbons (Fsp3) is 0.267. The lowest BCUT2D eigenvalue weighted by molar-refractivity contribution is -0.136. The van der Waals surface area contributed by atoms with Crippen molar-refractivity contribution >= 4 is 11.4 Å². The van der Waals surface area contributed by atoms with Crippen molar-refractivity contribution in [3.05, 3.63) is 53.3 Å². The summed E-state index contributed by atoms with van der Waals surface area (Å²) in [4.78, 5) is 6.04. The lowest BCUT2D eigenvalue weighted by Crippen LogP contribution is -2.19. The molecule has 0 spiro atoms. The minimum Gasteiger partial charge on any atom is -0.398 e. The molecular weight excluding hydrogens is 279 g/mol. The van der Waals surface area contributed by atoms with Gasteiger partial charge in [-0.15, -0.1) is 0 Å². The number of aryl methyl sites for hydroxylation is 1. The van der Waals surface area contributed by atoms with E-state index in [2.05, 4.69) is 4.98 Å². The van der Waals surface area contributed by atoms with Gasteiger partial charge in [0.15, 0.2) is 0 Å². The summed E-state index contributed by atoms with van der Waals surface area (Å²) >= 11 is 0. The normalized spacial score (nSPS) is 11.5. The monoisotopic (exact) mass is 295 g/mol. The molecular formula is C15H16F3N3. The maximum absolute atomic E-state index is 12.9. The number of aromatic nitrogens is 1. The Balaban J connectivity index is 2.25. The van der Waals surface area contributed by atoms with Gasteiger partial charge in [0.2, 0.25) is 0 Å². The zero-order valence-corrected chi connectivity index (χ0v) is 11.8. The molecule has 0 saturated carbocycles. The quantitative estimate of drug-likeness (QED) is 0.879. The van der Waals surface area contributed by atoms with E-state index in [1.807, 2.05) is 25.1 Å². The summed E-state index contributed by atoms with van der Waals surface area (Å²) in [7, 11) is 1.72. The Morgan fingerprint density at radius 3 is 2.52 bits per heavy atom. The zero-order valence-electron chi connectivity index (χ0n) is 11.8. The van der Waals surface area contributed by atoms with Crippen molar-refractivity contribution in [2.45, 2.75) is 19.6 Å². The Morgan fingerprint density at radius 2 is 1.90 bits per heavy atom. The van der Waals surface area contributed by atoms with Gasteiger partial charge >= 0.3 is 6.18 Å². The first-order valence-electron chi connectivity index (χ1n) is 6.38. The average Bonchev–Trinajstić information content (AvgIpc) is 2.37. The Hall–Kier alpha value is -2.24. The van der Waals surface area contributed by atoms with Crippen LogP contribution < -0.4 is 10.6 Å². The van der Waals surface area contributed by atoms with Crippen LogP contribution in [0.3, 0.4) is 0 Å². The lowest BCUT2D eigenvalue weighted by Gasteiger charge is -2.21. The van der Waals surface area contributed by atoms with Crippen LogP contribution in [-0.4, -0.2) is 12.0 Å². The van der Waals surface area contributed by atoms with Crippen LogP contribution in [0.4, 0.5) is 24.5 Å². The van der Waals surface area contributed by atoms with E-state index >= 15 is 0 Å². The molecule has 0 aliphatic heterocycles. The number of anilines is 2. The van der Waals surface area contributed by atoms with E-state index in [9.17, 15) is 13.2 Å². The van der Waals surface area contributed by atoms with Gasteiger partial charge in [-0.05, 0) is 37.3 Å². The molecule has 0 saturated heterocycles. The van der Waals surface area contributed by atoms with E-state index < -0.39 is 11.7 Å². The first-order valence-corrected chi connectivity index (χ1v) is 6.38. The highest BCUT2D eigenvalue weighted by atomic mass is 19.4. The van der Waals surface area contributed by atoms with Crippen LogP contribution in [0.25, 0.3) is 0 Å². The van der Waals surface area contributed by atoms with Gasteiger partial charge < -0.3 is 10.6 Å². The van der Waals surface area contributed by atoms with Crippen LogP contribution in [0.2, 0.25) is 0 Å². The fourth-order valence-electron chi connectivity index (χ4n) is 2.05. The molecule has 112 valence electrons. The predicted molar refractivity (Wildman–Crippen MR) is 76.9 cm³/mol. The second-order valence-electron chi connectivity index (χ2n) is 4.90. The van der Waals surface area contributed by atoms with Crippen LogP contribution in [0.1, 0.15) is 17.0 Å². The number of pyridine rings is 1. The molecule has 2 N–H and O–H groups in total. The standard InChI is InChI=1S/C15H16F3N3/c1-10-4-3-5-11(20-10)9-21(2)12-6-7-14(19)13(8-12)15(16,17)18/h3-8H,9,19H2,1-2H3. The largest absolute Gasteiger partial charge is 0.418 e. The highest BCUT2D eigenvalue weighted by Crippen LogP contribution is 2.35. The van der Waals surface area contributed by atoms with Crippen molar-refractivity contribution in [1.82, 2.24) is 4.98 Å².